The van der Waals surface area contributed by atoms with Gasteiger partial charge in [0.15, 0.2) is 0 Å². The van der Waals surface area contributed by atoms with Crippen LogP contribution < -0.4 is 5.32 Å². The van der Waals surface area contributed by atoms with Gasteiger partial charge in [-0.2, -0.15) is 0 Å². The molecule has 1 saturated carbocycles. The van der Waals surface area contributed by atoms with Crippen LogP contribution in [0.1, 0.15) is 37.0 Å². The quantitative estimate of drug-likeness (QED) is 0.700. The van der Waals surface area contributed by atoms with Gasteiger partial charge in [0.2, 0.25) is 0 Å². The fourth-order valence-electron chi connectivity index (χ4n) is 3.55. The Labute approximate surface area is 140 Å². The molecule has 0 saturated heterocycles. The molecule has 1 fully saturated rings. The highest BCUT2D eigenvalue weighted by molar-refractivity contribution is 7.19. The number of fused-ring (bicyclic) bond motifs is 1. The lowest BCUT2D eigenvalue weighted by Crippen LogP contribution is -2.23. The van der Waals surface area contributed by atoms with Crippen molar-refractivity contribution in [3.8, 4) is 11.1 Å². The van der Waals surface area contributed by atoms with Crippen molar-refractivity contribution >= 4 is 27.4 Å². The molecule has 0 spiro atoms. The molecule has 1 aromatic carbocycles. The van der Waals surface area contributed by atoms with E-state index >= 15 is 0 Å². The van der Waals surface area contributed by atoms with Crippen LogP contribution in [0.5, 0.6) is 0 Å². The molecule has 2 aromatic heterocycles. The first kappa shape index (κ1) is 14.6. The maximum atomic E-state index is 4.58. The third kappa shape index (κ3) is 2.83. The van der Waals surface area contributed by atoms with E-state index in [0.717, 1.165) is 10.6 Å². The predicted molar refractivity (Wildman–Crippen MR) is 98.1 cm³/mol. The number of hydrogen-bond acceptors (Lipinski definition) is 4. The van der Waals surface area contributed by atoms with E-state index in [-0.39, 0.29) is 0 Å². The zero-order valence-corrected chi connectivity index (χ0v) is 14.2. The van der Waals surface area contributed by atoms with Crippen LogP contribution in [0, 0.1) is 6.92 Å². The molecule has 0 radical (unpaired) electrons. The molecule has 0 atom stereocenters. The van der Waals surface area contributed by atoms with Crippen molar-refractivity contribution in [2.45, 2.75) is 45.1 Å². The van der Waals surface area contributed by atoms with Crippen molar-refractivity contribution in [1.82, 2.24) is 9.97 Å². The van der Waals surface area contributed by atoms with Crippen LogP contribution in [0.4, 0.5) is 5.82 Å². The summed E-state index contributed by atoms with van der Waals surface area (Å²) in [6.07, 6.45) is 8.19. The Morgan fingerprint density at radius 3 is 2.61 bits per heavy atom. The molecule has 0 bridgehead atoms. The number of benzene rings is 1. The van der Waals surface area contributed by atoms with Crippen LogP contribution in [0.3, 0.4) is 0 Å². The summed E-state index contributed by atoms with van der Waals surface area (Å²) in [5.41, 5.74) is 2.53. The monoisotopic (exact) mass is 323 g/mol. The summed E-state index contributed by atoms with van der Waals surface area (Å²) in [4.78, 5) is 11.5. The SMILES string of the molecule is Cc1sc2ncnc(NC3CCCCC3)c2c1-c1ccccc1. The maximum absolute atomic E-state index is 4.58. The summed E-state index contributed by atoms with van der Waals surface area (Å²) in [5.74, 6) is 1.00. The lowest BCUT2D eigenvalue weighted by atomic mass is 9.95. The van der Waals surface area contributed by atoms with Crippen molar-refractivity contribution in [2.24, 2.45) is 0 Å². The van der Waals surface area contributed by atoms with Gasteiger partial charge >= 0.3 is 0 Å². The van der Waals surface area contributed by atoms with E-state index in [1.165, 1.54) is 53.5 Å². The topological polar surface area (TPSA) is 37.8 Å². The molecule has 118 valence electrons. The van der Waals surface area contributed by atoms with Crippen LogP contribution in [-0.2, 0) is 0 Å². The van der Waals surface area contributed by atoms with Crippen molar-refractivity contribution in [3.05, 3.63) is 41.5 Å². The van der Waals surface area contributed by atoms with Gasteiger partial charge in [0.05, 0.1) is 5.39 Å². The second-order valence-electron chi connectivity index (χ2n) is 6.28. The first-order valence-electron chi connectivity index (χ1n) is 8.39. The van der Waals surface area contributed by atoms with Crippen molar-refractivity contribution in [2.75, 3.05) is 5.32 Å². The summed E-state index contributed by atoms with van der Waals surface area (Å²) in [6, 6.07) is 11.1. The highest BCUT2D eigenvalue weighted by atomic mass is 32.1. The summed E-state index contributed by atoms with van der Waals surface area (Å²) in [7, 11) is 0. The van der Waals surface area contributed by atoms with E-state index in [0.29, 0.717) is 6.04 Å². The van der Waals surface area contributed by atoms with Crippen molar-refractivity contribution < 1.29 is 0 Å². The average Bonchev–Trinajstić information content (AvgIpc) is 2.93. The average molecular weight is 323 g/mol. The van der Waals surface area contributed by atoms with Crippen LogP contribution >= 0.6 is 11.3 Å². The molecule has 1 N–H and O–H groups in total. The van der Waals surface area contributed by atoms with Gasteiger partial charge < -0.3 is 5.32 Å². The van der Waals surface area contributed by atoms with Crippen LogP contribution in [0.2, 0.25) is 0 Å². The number of rotatable bonds is 3. The first-order valence-corrected chi connectivity index (χ1v) is 9.20. The van der Waals surface area contributed by atoms with Gasteiger partial charge in [-0.1, -0.05) is 49.6 Å². The summed E-state index contributed by atoms with van der Waals surface area (Å²) >= 11 is 1.76. The summed E-state index contributed by atoms with van der Waals surface area (Å²) in [6.45, 7) is 2.18. The molecule has 0 aliphatic heterocycles. The lowest BCUT2D eigenvalue weighted by Gasteiger charge is -2.23. The lowest BCUT2D eigenvalue weighted by molar-refractivity contribution is 0.462. The standard InChI is InChI=1S/C19H21N3S/c1-13-16(14-8-4-2-5-9-14)17-18(20-12-21-19(17)23-13)22-15-10-6-3-7-11-15/h2,4-5,8-9,12,15H,3,6-7,10-11H2,1H3,(H,20,21,22). The second-order valence-corrected chi connectivity index (χ2v) is 7.48. The largest absolute Gasteiger partial charge is 0.367 e. The van der Waals surface area contributed by atoms with Crippen molar-refractivity contribution in [1.29, 1.82) is 0 Å². The molecule has 3 aromatic rings. The van der Waals surface area contributed by atoms with Crippen LogP contribution in [-0.4, -0.2) is 16.0 Å². The molecule has 3 nitrogen and oxygen atoms in total. The molecule has 1 aliphatic rings. The van der Waals surface area contributed by atoms with Gasteiger partial charge in [0, 0.05) is 16.5 Å². The van der Waals surface area contributed by atoms with Gasteiger partial charge in [-0.3, -0.25) is 0 Å². The smallest absolute Gasteiger partial charge is 0.139 e. The third-order valence-electron chi connectivity index (χ3n) is 4.67. The Hall–Kier alpha value is -1.94. The molecular formula is C19H21N3S. The maximum Gasteiger partial charge on any atom is 0.139 e. The summed E-state index contributed by atoms with van der Waals surface area (Å²) in [5, 5.41) is 4.89. The molecule has 0 unspecified atom stereocenters. The van der Waals surface area contributed by atoms with Gasteiger partial charge in [-0.25, -0.2) is 9.97 Å². The van der Waals surface area contributed by atoms with E-state index in [1.807, 2.05) is 0 Å². The highest BCUT2D eigenvalue weighted by Gasteiger charge is 2.19. The Kier molecular flexibility index (Phi) is 4.00. The van der Waals surface area contributed by atoms with E-state index in [2.05, 4.69) is 52.5 Å². The van der Waals surface area contributed by atoms with E-state index < -0.39 is 0 Å². The van der Waals surface area contributed by atoms with Gasteiger partial charge in [-0.15, -0.1) is 11.3 Å². The molecule has 23 heavy (non-hydrogen) atoms. The van der Waals surface area contributed by atoms with Crippen molar-refractivity contribution in [3.63, 3.8) is 0 Å². The first-order chi connectivity index (χ1) is 11.3. The minimum atomic E-state index is 0.547. The highest BCUT2D eigenvalue weighted by Crippen LogP contribution is 2.40. The zero-order chi connectivity index (χ0) is 15.6. The van der Waals surface area contributed by atoms with Gasteiger partial charge in [-0.05, 0) is 25.3 Å². The minimum absolute atomic E-state index is 0.547. The zero-order valence-electron chi connectivity index (χ0n) is 13.4. The second kappa shape index (κ2) is 6.28. The van der Waals surface area contributed by atoms with E-state index in [4.69, 9.17) is 0 Å². The number of aromatic nitrogens is 2. The predicted octanol–water partition coefficient (Wildman–Crippen LogP) is 5.41. The van der Waals surface area contributed by atoms with Gasteiger partial charge in [0.25, 0.3) is 0 Å². The fraction of sp³-hybridized carbons (Fsp3) is 0.368. The number of nitrogens with zero attached hydrogens (tertiary/aromatic N) is 2. The normalized spacial score (nSPS) is 15.9. The Morgan fingerprint density at radius 1 is 1.04 bits per heavy atom. The van der Waals surface area contributed by atoms with Crippen LogP contribution in [0.25, 0.3) is 21.3 Å². The number of thiophene rings is 1. The molecular weight excluding hydrogens is 302 g/mol. The van der Waals surface area contributed by atoms with Gasteiger partial charge in [0.1, 0.15) is 17.0 Å². The third-order valence-corrected chi connectivity index (χ3v) is 5.69. The number of anilines is 1. The molecule has 2 heterocycles. The fourth-order valence-corrected chi connectivity index (χ4v) is 4.56. The summed E-state index contributed by atoms with van der Waals surface area (Å²) < 4.78 is 0. The Morgan fingerprint density at radius 2 is 1.83 bits per heavy atom. The minimum Gasteiger partial charge on any atom is -0.367 e. The Bertz CT molecular complexity index is 804. The molecule has 0 amide bonds. The number of nitrogens with one attached hydrogen (secondary N) is 1. The molecule has 1 aliphatic carbocycles. The number of aryl methyl sites for hydroxylation is 1. The van der Waals surface area contributed by atoms with E-state index in [1.54, 1.807) is 17.7 Å². The number of hydrogen-bond donors (Lipinski definition) is 1. The molecule has 4 heteroatoms. The molecule has 4 rings (SSSR count). The van der Waals surface area contributed by atoms with E-state index in [9.17, 15) is 0 Å². The Balaban J connectivity index is 1.81. The van der Waals surface area contributed by atoms with Crippen LogP contribution in [0.15, 0.2) is 36.7 Å².